The van der Waals surface area contributed by atoms with Gasteiger partial charge in [0, 0.05) is 5.56 Å². The predicted molar refractivity (Wildman–Crippen MR) is 126 cm³/mol. The van der Waals surface area contributed by atoms with Crippen LogP contribution in [0.2, 0.25) is 0 Å². The third-order valence-electron chi connectivity index (χ3n) is 6.07. The van der Waals surface area contributed by atoms with Gasteiger partial charge in [0.25, 0.3) is 10.0 Å². The Bertz CT molecular complexity index is 1580. The van der Waals surface area contributed by atoms with E-state index in [-0.39, 0.29) is 42.0 Å². The first-order valence-electron chi connectivity index (χ1n) is 11.0. The van der Waals surface area contributed by atoms with Crippen LogP contribution < -0.4 is 23.7 Å². The van der Waals surface area contributed by atoms with Crippen LogP contribution in [0.25, 0.3) is 5.57 Å². The van der Waals surface area contributed by atoms with E-state index in [0.717, 1.165) is 4.31 Å². The first kappa shape index (κ1) is 22.9. The fraction of sp³-hybridized carbons (Fsp3) is 0.160. The monoisotopic (exact) mass is 525 g/mol. The van der Waals surface area contributed by atoms with Crippen molar-refractivity contribution in [2.24, 2.45) is 0 Å². The van der Waals surface area contributed by atoms with Gasteiger partial charge in [-0.25, -0.2) is 17.5 Å². The summed E-state index contributed by atoms with van der Waals surface area (Å²) in [4.78, 5) is 11.8. The summed E-state index contributed by atoms with van der Waals surface area (Å²) in [7, 11) is -2.82. The minimum Gasteiger partial charge on any atom is -0.497 e. The Morgan fingerprint density at radius 2 is 1.59 bits per heavy atom. The van der Waals surface area contributed by atoms with Gasteiger partial charge >= 0.3 is 6.16 Å². The number of sulfonamides is 1. The summed E-state index contributed by atoms with van der Waals surface area (Å²) in [6.45, 7) is -0.149. The highest BCUT2D eigenvalue weighted by atomic mass is 32.2. The van der Waals surface area contributed by atoms with Crippen LogP contribution in [0.4, 0.5) is 4.79 Å². The molecule has 0 saturated heterocycles. The molecule has 3 aromatic carbocycles. The number of ether oxygens (including phenoxy) is 6. The molecule has 0 unspecified atom stereocenters. The Balaban J connectivity index is 1.58. The van der Waals surface area contributed by atoms with Crippen molar-refractivity contribution >= 4 is 21.8 Å². The van der Waals surface area contributed by atoms with Gasteiger partial charge in [-0.3, -0.25) is 0 Å². The molecule has 0 bridgehead atoms. The van der Waals surface area contributed by atoms with E-state index >= 15 is 0 Å². The van der Waals surface area contributed by atoms with Crippen LogP contribution in [0.5, 0.6) is 28.7 Å². The van der Waals surface area contributed by atoms with Crippen LogP contribution in [0.1, 0.15) is 16.7 Å². The third-order valence-corrected chi connectivity index (χ3v) is 7.86. The number of carbonyl (C=O) groups is 1. The third kappa shape index (κ3) is 3.82. The van der Waals surface area contributed by atoms with E-state index in [9.17, 15) is 18.3 Å². The zero-order chi connectivity index (χ0) is 25.7. The average Bonchev–Trinajstić information content (AvgIpc) is 3.54. The number of fused-ring (bicyclic) bond motifs is 3. The fourth-order valence-corrected chi connectivity index (χ4v) is 5.98. The van der Waals surface area contributed by atoms with E-state index in [4.69, 9.17) is 28.4 Å². The van der Waals surface area contributed by atoms with E-state index in [1.807, 2.05) is 0 Å². The van der Waals surface area contributed by atoms with Crippen LogP contribution in [0.3, 0.4) is 0 Å². The van der Waals surface area contributed by atoms with Gasteiger partial charge in [-0.05, 0) is 53.6 Å². The molecular formula is C25H19NO10S. The Hall–Kier alpha value is -4.58. The Labute approximate surface area is 211 Å². The maximum atomic E-state index is 13.9. The van der Waals surface area contributed by atoms with Crippen molar-refractivity contribution in [3.05, 3.63) is 77.2 Å². The molecule has 1 N–H and O–H groups in total. The molecule has 3 aliphatic rings. The minimum absolute atomic E-state index is 0.0331. The molecule has 0 amide bonds. The van der Waals surface area contributed by atoms with Gasteiger partial charge in [-0.2, -0.15) is 0 Å². The fourth-order valence-electron chi connectivity index (χ4n) is 4.40. The number of hydrogen-bond acceptors (Lipinski definition) is 9. The summed E-state index contributed by atoms with van der Waals surface area (Å²) in [6.07, 6.45) is -1.68. The van der Waals surface area contributed by atoms with E-state index in [1.54, 1.807) is 36.4 Å². The van der Waals surface area contributed by atoms with Crippen molar-refractivity contribution in [2.75, 3.05) is 20.7 Å². The minimum atomic E-state index is -4.26. The van der Waals surface area contributed by atoms with Gasteiger partial charge in [-0.15, -0.1) is 0 Å². The van der Waals surface area contributed by atoms with Crippen molar-refractivity contribution < 1.29 is 46.7 Å². The lowest BCUT2D eigenvalue weighted by Gasteiger charge is -2.33. The molecule has 0 fully saturated rings. The van der Waals surface area contributed by atoms with Gasteiger partial charge in [0.2, 0.25) is 19.5 Å². The molecule has 3 aliphatic heterocycles. The number of nitrogens with zero attached hydrogens (tertiary/aromatic N) is 1. The Kier molecular flexibility index (Phi) is 5.26. The molecule has 37 heavy (non-hydrogen) atoms. The highest BCUT2D eigenvalue weighted by Gasteiger charge is 2.40. The summed E-state index contributed by atoms with van der Waals surface area (Å²) in [5.74, 6) is 1.92. The van der Waals surface area contributed by atoms with Crippen LogP contribution in [-0.4, -0.2) is 44.7 Å². The molecule has 6 rings (SSSR count). The molecule has 0 aliphatic carbocycles. The largest absolute Gasteiger partial charge is 0.512 e. The predicted octanol–water partition coefficient (Wildman–Crippen LogP) is 3.77. The van der Waals surface area contributed by atoms with E-state index in [0.29, 0.717) is 39.9 Å². The highest BCUT2D eigenvalue weighted by molar-refractivity contribution is 7.89. The van der Waals surface area contributed by atoms with Crippen molar-refractivity contribution in [2.45, 2.75) is 11.4 Å². The standard InChI is InChI=1S/C25H19NO10S/c1-31-16-4-7-22-17(10-16)23(15-3-6-19-21(9-15)35-13-33-19)24(36-25(27)28)26(37(22,29)30)11-14-2-5-18-20(8-14)34-12-32-18/h2-10H,11-13H2,1H3,(H,27,28). The molecular weight excluding hydrogens is 506 g/mol. The lowest BCUT2D eigenvalue weighted by molar-refractivity contribution is 0.101. The second-order valence-corrected chi connectivity index (χ2v) is 10.0. The topological polar surface area (TPSA) is 130 Å². The van der Waals surface area contributed by atoms with Crippen molar-refractivity contribution in [3.63, 3.8) is 0 Å². The van der Waals surface area contributed by atoms with Gasteiger partial charge in [0.15, 0.2) is 23.0 Å². The van der Waals surface area contributed by atoms with Gasteiger partial charge < -0.3 is 33.5 Å². The molecule has 11 nitrogen and oxygen atoms in total. The van der Waals surface area contributed by atoms with Crippen LogP contribution in [-0.2, 0) is 21.3 Å². The van der Waals surface area contributed by atoms with Crippen LogP contribution >= 0.6 is 0 Å². The molecule has 0 spiro atoms. The van der Waals surface area contributed by atoms with Gasteiger partial charge in [0.05, 0.1) is 24.1 Å². The molecule has 0 saturated carbocycles. The highest BCUT2D eigenvalue weighted by Crippen LogP contribution is 2.45. The van der Waals surface area contributed by atoms with E-state index in [1.165, 1.54) is 25.3 Å². The van der Waals surface area contributed by atoms with Crippen molar-refractivity contribution in [3.8, 4) is 28.7 Å². The number of hydrogen-bond donors (Lipinski definition) is 1. The second kappa shape index (κ2) is 8.52. The lowest BCUT2D eigenvalue weighted by atomic mass is 9.97. The first-order valence-corrected chi connectivity index (χ1v) is 12.4. The molecule has 3 aromatic rings. The molecule has 3 heterocycles. The zero-order valence-electron chi connectivity index (χ0n) is 19.3. The quantitative estimate of drug-likeness (QED) is 0.491. The van der Waals surface area contributed by atoms with Gasteiger partial charge in [0.1, 0.15) is 5.75 Å². The van der Waals surface area contributed by atoms with Gasteiger partial charge in [-0.1, -0.05) is 12.1 Å². The summed E-state index contributed by atoms with van der Waals surface area (Å²) in [5.41, 5.74) is 1.43. The SMILES string of the molecule is COc1ccc2c(c1)C(c1ccc3c(c1)OCO3)=C(OC(=O)O)N(Cc1ccc3c(c1)OCO3)S2(=O)=O. The Morgan fingerprint density at radius 1 is 0.919 bits per heavy atom. The lowest BCUT2D eigenvalue weighted by Crippen LogP contribution is -2.36. The summed E-state index contributed by atoms with van der Waals surface area (Å²) in [5, 5.41) is 9.63. The smallest absolute Gasteiger partial charge is 0.497 e. The number of benzene rings is 3. The van der Waals surface area contributed by atoms with Crippen molar-refractivity contribution in [1.82, 2.24) is 4.31 Å². The normalized spacial score (nSPS) is 16.4. The number of methoxy groups -OCH3 is 1. The molecule has 190 valence electrons. The zero-order valence-corrected chi connectivity index (χ0v) is 20.1. The summed E-state index contributed by atoms with van der Waals surface area (Å²) >= 11 is 0. The maximum absolute atomic E-state index is 13.9. The molecule has 0 atom stereocenters. The van der Waals surface area contributed by atoms with Crippen LogP contribution in [0, 0.1) is 0 Å². The average molecular weight is 525 g/mol. The number of carboxylic acid groups (broad SMARTS) is 1. The second-order valence-electron chi connectivity index (χ2n) is 8.18. The van der Waals surface area contributed by atoms with E-state index in [2.05, 4.69) is 0 Å². The number of rotatable bonds is 5. The molecule has 0 aromatic heterocycles. The van der Waals surface area contributed by atoms with Crippen LogP contribution in [0.15, 0.2) is 65.4 Å². The van der Waals surface area contributed by atoms with Crippen molar-refractivity contribution in [1.29, 1.82) is 0 Å². The van der Waals surface area contributed by atoms with E-state index < -0.39 is 16.2 Å². The molecule has 0 radical (unpaired) electrons. The summed E-state index contributed by atoms with van der Waals surface area (Å²) < 4.78 is 60.9. The molecule has 12 heteroatoms. The summed E-state index contributed by atoms with van der Waals surface area (Å²) in [6, 6.07) is 14.4. The Morgan fingerprint density at radius 3 is 2.30 bits per heavy atom. The maximum Gasteiger partial charge on any atom is 0.512 e. The first-order chi connectivity index (χ1) is 17.8.